The minimum atomic E-state index is -0.986. The first-order valence-electron chi connectivity index (χ1n) is 8.80. The molecule has 0 bridgehead atoms. The number of unbranched alkanes of at least 4 members (excludes halogenated alkanes) is 1. The zero-order chi connectivity index (χ0) is 19.0. The molecule has 26 heavy (non-hydrogen) atoms. The maximum Gasteiger partial charge on any atom is 0.516 e. The van der Waals surface area contributed by atoms with Gasteiger partial charge in [-0.3, -0.25) is 14.9 Å². The zero-order valence-electron chi connectivity index (χ0n) is 14.9. The number of esters is 1. The fourth-order valence-corrected chi connectivity index (χ4v) is 3.04. The SMILES string of the molecule is CCCCOC(=O)OC(=O)C1(Cc2cccc([N+](=O)[O-])c2)CCNCC1. The number of hydrogen-bond donors (Lipinski definition) is 1. The number of piperidine rings is 1. The van der Waals surface area contributed by atoms with E-state index in [0.717, 1.165) is 6.42 Å². The fraction of sp³-hybridized carbons (Fsp3) is 0.556. The van der Waals surface area contributed by atoms with Gasteiger partial charge in [-0.2, -0.15) is 0 Å². The molecule has 1 aliphatic rings. The molecule has 1 fully saturated rings. The Morgan fingerprint density at radius 1 is 1.31 bits per heavy atom. The Bertz CT molecular complexity index is 655. The van der Waals surface area contributed by atoms with Crippen LogP contribution in [0.5, 0.6) is 0 Å². The second-order valence-electron chi connectivity index (χ2n) is 6.48. The van der Waals surface area contributed by atoms with E-state index in [1.807, 2.05) is 6.92 Å². The van der Waals surface area contributed by atoms with E-state index in [2.05, 4.69) is 5.32 Å². The summed E-state index contributed by atoms with van der Waals surface area (Å²) >= 11 is 0. The Hall–Kier alpha value is -2.48. The number of rotatable bonds is 7. The number of carbonyl (C=O) groups is 2. The lowest BCUT2D eigenvalue weighted by molar-refractivity contribution is -0.384. The lowest BCUT2D eigenvalue weighted by atomic mass is 9.74. The summed E-state index contributed by atoms with van der Waals surface area (Å²) in [4.78, 5) is 34.9. The molecule has 0 aromatic heterocycles. The molecule has 0 spiro atoms. The third-order valence-corrected chi connectivity index (χ3v) is 4.55. The molecule has 0 amide bonds. The van der Waals surface area contributed by atoms with Crippen LogP contribution in [0.4, 0.5) is 10.5 Å². The minimum Gasteiger partial charge on any atom is -0.434 e. The fourth-order valence-electron chi connectivity index (χ4n) is 3.04. The predicted molar refractivity (Wildman–Crippen MR) is 93.7 cm³/mol. The van der Waals surface area contributed by atoms with Crippen molar-refractivity contribution in [2.45, 2.75) is 39.0 Å². The maximum absolute atomic E-state index is 12.7. The van der Waals surface area contributed by atoms with Crippen LogP contribution in [-0.4, -0.2) is 36.7 Å². The molecule has 8 heteroatoms. The third-order valence-electron chi connectivity index (χ3n) is 4.55. The maximum atomic E-state index is 12.7. The minimum absolute atomic E-state index is 0.0288. The molecule has 8 nitrogen and oxygen atoms in total. The van der Waals surface area contributed by atoms with E-state index in [-0.39, 0.29) is 18.7 Å². The smallest absolute Gasteiger partial charge is 0.434 e. The molecule has 142 valence electrons. The van der Waals surface area contributed by atoms with E-state index >= 15 is 0 Å². The molecule has 0 saturated carbocycles. The molecular formula is C18H24N2O6. The first-order chi connectivity index (χ1) is 12.5. The topological polar surface area (TPSA) is 108 Å². The number of nitro benzene ring substituents is 1. The van der Waals surface area contributed by atoms with Gasteiger partial charge in [0.2, 0.25) is 0 Å². The zero-order valence-corrected chi connectivity index (χ0v) is 14.9. The van der Waals surface area contributed by atoms with Gasteiger partial charge in [0.15, 0.2) is 0 Å². The number of nitrogens with zero attached hydrogens (tertiary/aromatic N) is 1. The van der Waals surface area contributed by atoms with E-state index in [1.54, 1.807) is 12.1 Å². The molecule has 0 atom stereocenters. The van der Waals surface area contributed by atoms with Crippen molar-refractivity contribution in [2.24, 2.45) is 5.41 Å². The third kappa shape index (κ3) is 5.26. The van der Waals surface area contributed by atoms with Crippen LogP contribution in [0.1, 0.15) is 38.2 Å². The summed E-state index contributed by atoms with van der Waals surface area (Å²) in [7, 11) is 0. The van der Waals surface area contributed by atoms with Crippen LogP contribution in [0.15, 0.2) is 24.3 Å². The van der Waals surface area contributed by atoms with E-state index in [1.165, 1.54) is 12.1 Å². The Morgan fingerprint density at radius 3 is 2.69 bits per heavy atom. The second kappa shape index (κ2) is 9.28. The van der Waals surface area contributed by atoms with Crippen molar-refractivity contribution >= 4 is 17.8 Å². The van der Waals surface area contributed by atoms with Crippen LogP contribution in [0.3, 0.4) is 0 Å². The van der Waals surface area contributed by atoms with Gasteiger partial charge in [-0.05, 0) is 44.3 Å². The van der Waals surface area contributed by atoms with E-state index in [9.17, 15) is 19.7 Å². The average molecular weight is 364 g/mol. The van der Waals surface area contributed by atoms with Crippen LogP contribution in [0.25, 0.3) is 0 Å². The molecular weight excluding hydrogens is 340 g/mol. The average Bonchev–Trinajstić information content (AvgIpc) is 2.63. The number of non-ortho nitro benzene ring substituents is 1. The molecule has 0 unspecified atom stereocenters. The standard InChI is InChI=1S/C18H24N2O6/c1-2-3-11-25-17(22)26-16(21)18(7-9-19-10-8-18)13-14-5-4-6-15(12-14)20(23)24/h4-6,12,19H,2-3,7-11,13H2,1H3. The van der Waals surface area contributed by atoms with Crippen LogP contribution in [-0.2, 0) is 20.7 Å². The Kier molecular flexibility index (Phi) is 7.08. The quantitative estimate of drug-likeness (QED) is 0.260. The summed E-state index contributed by atoms with van der Waals surface area (Å²) in [5.41, 5.74) is -0.263. The highest BCUT2D eigenvalue weighted by molar-refractivity contribution is 5.86. The highest BCUT2D eigenvalue weighted by Crippen LogP contribution is 2.35. The molecule has 0 aliphatic carbocycles. The Balaban J connectivity index is 2.12. The Labute approximate surface area is 152 Å². The van der Waals surface area contributed by atoms with Crippen molar-refractivity contribution in [3.63, 3.8) is 0 Å². The van der Waals surface area contributed by atoms with Crippen LogP contribution < -0.4 is 5.32 Å². The highest BCUT2D eigenvalue weighted by atomic mass is 16.7. The van der Waals surface area contributed by atoms with Crippen molar-refractivity contribution in [3.8, 4) is 0 Å². The van der Waals surface area contributed by atoms with Gasteiger partial charge in [0.05, 0.1) is 16.9 Å². The molecule has 1 heterocycles. The summed E-state index contributed by atoms with van der Waals surface area (Å²) in [6, 6.07) is 6.19. The summed E-state index contributed by atoms with van der Waals surface area (Å²) < 4.78 is 9.83. The van der Waals surface area contributed by atoms with Crippen LogP contribution >= 0.6 is 0 Å². The lowest BCUT2D eigenvalue weighted by Crippen LogP contribution is -2.45. The first-order valence-corrected chi connectivity index (χ1v) is 8.80. The van der Waals surface area contributed by atoms with Crippen molar-refractivity contribution in [1.29, 1.82) is 0 Å². The van der Waals surface area contributed by atoms with Gasteiger partial charge in [-0.15, -0.1) is 0 Å². The van der Waals surface area contributed by atoms with E-state index < -0.39 is 22.5 Å². The number of carbonyl (C=O) groups excluding carboxylic acids is 2. The van der Waals surface area contributed by atoms with Crippen molar-refractivity contribution in [1.82, 2.24) is 5.32 Å². The van der Waals surface area contributed by atoms with Crippen LogP contribution in [0, 0.1) is 15.5 Å². The van der Waals surface area contributed by atoms with Gasteiger partial charge in [-0.25, -0.2) is 4.79 Å². The van der Waals surface area contributed by atoms with E-state index in [0.29, 0.717) is 37.9 Å². The first kappa shape index (κ1) is 19.8. The number of ether oxygens (including phenoxy) is 2. The number of nitrogens with one attached hydrogen (secondary N) is 1. The Morgan fingerprint density at radius 2 is 2.04 bits per heavy atom. The van der Waals surface area contributed by atoms with Crippen molar-refractivity contribution < 1.29 is 24.0 Å². The molecule has 1 aliphatic heterocycles. The van der Waals surface area contributed by atoms with Gasteiger partial charge in [0.1, 0.15) is 0 Å². The largest absolute Gasteiger partial charge is 0.516 e. The predicted octanol–water partition coefficient (Wildman–Crippen LogP) is 2.99. The summed E-state index contributed by atoms with van der Waals surface area (Å²) in [6.45, 7) is 3.38. The van der Waals surface area contributed by atoms with Gasteiger partial charge in [0.25, 0.3) is 5.69 Å². The van der Waals surface area contributed by atoms with Crippen molar-refractivity contribution in [2.75, 3.05) is 19.7 Å². The monoisotopic (exact) mass is 364 g/mol. The second-order valence-corrected chi connectivity index (χ2v) is 6.48. The van der Waals surface area contributed by atoms with Crippen molar-refractivity contribution in [3.05, 3.63) is 39.9 Å². The molecule has 1 saturated heterocycles. The number of benzene rings is 1. The molecule has 2 rings (SSSR count). The summed E-state index contributed by atoms with van der Waals surface area (Å²) in [5.74, 6) is -0.632. The summed E-state index contributed by atoms with van der Waals surface area (Å²) in [6.07, 6.45) is 1.82. The molecule has 1 aromatic carbocycles. The van der Waals surface area contributed by atoms with Gasteiger partial charge in [-0.1, -0.05) is 25.5 Å². The van der Waals surface area contributed by atoms with E-state index in [4.69, 9.17) is 9.47 Å². The van der Waals surface area contributed by atoms with Gasteiger partial charge >= 0.3 is 12.1 Å². The molecule has 1 N–H and O–H groups in total. The number of hydrogen-bond acceptors (Lipinski definition) is 7. The number of nitro groups is 1. The molecule has 0 radical (unpaired) electrons. The normalized spacial score (nSPS) is 15.9. The molecule has 1 aromatic rings. The van der Waals surface area contributed by atoms with Gasteiger partial charge in [0, 0.05) is 12.1 Å². The van der Waals surface area contributed by atoms with Gasteiger partial charge < -0.3 is 14.8 Å². The highest BCUT2D eigenvalue weighted by Gasteiger charge is 2.42. The lowest BCUT2D eigenvalue weighted by Gasteiger charge is -2.34. The summed E-state index contributed by atoms with van der Waals surface area (Å²) in [5, 5.41) is 14.1. The van der Waals surface area contributed by atoms with Crippen LogP contribution in [0.2, 0.25) is 0 Å².